The molecule has 0 radical (unpaired) electrons. The van der Waals surface area contributed by atoms with Gasteiger partial charge in [-0.15, -0.1) is 0 Å². The minimum atomic E-state index is 0.216. The van der Waals surface area contributed by atoms with Crippen LogP contribution in [0.25, 0.3) is 0 Å². The number of oxime groups is 1. The fourth-order valence-corrected chi connectivity index (χ4v) is 2.69. The lowest BCUT2D eigenvalue weighted by atomic mass is 9.97. The molecule has 0 aromatic carbocycles. The number of hydrogen-bond donors (Lipinski definition) is 2. The Hall–Kier alpha value is -0.850. The van der Waals surface area contributed by atoms with Crippen LogP contribution >= 0.6 is 0 Å². The molecule has 2 heterocycles. The Labute approximate surface area is 108 Å². The second-order valence-electron chi connectivity index (χ2n) is 5.12. The van der Waals surface area contributed by atoms with Gasteiger partial charge in [-0.05, 0) is 19.4 Å². The van der Waals surface area contributed by atoms with Crippen LogP contribution in [0.1, 0.15) is 12.8 Å². The van der Waals surface area contributed by atoms with Crippen molar-refractivity contribution < 1.29 is 9.94 Å². The van der Waals surface area contributed by atoms with E-state index in [4.69, 9.17) is 15.7 Å². The van der Waals surface area contributed by atoms with Crippen molar-refractivity contribution in [2.24, 2.45) is 16.8 Å². The Bertz CT molecular complexity index is 279. The molecule has 18 heavy (non-hydrogen) atoms. The van der Waals surface area contributed by atoms with Crippen molar-refractivity contribution in [3.63, 3.8) is 0 Å². The number of rotatable bonds is 4. The molecule has 1 unspecified atom stereocenters. The zero-order valence-corrected chi connectivity index (χ0v) is 10.9. The van der Waals surface area contributed by atoms with Gasteiger partial charge >= 0.3 is 0 Å². The fourth-order valence-electron chi connectivity index (χ4n) is 2.69. The van der Waals surface area contributed by atoms with Crippen molar-refractivity contribution in [2.75, 3.05) is 52.5 Å². The van der Waals surface area contributed by atoms with Gasteiger partial charge in [0.15, 0.2) is 0 Å². The van der Waals surface area contributed by atoms with E-state index in [-0.39, 0.29) is 5.92 Å². The van der Waals surface area contributed by atoms with Crippen LogP contribution in [0.4, 0.5) is 0 Å². The standard InChI is InChI=1S/C12H24N4O2/c13-12(14-17)11-2-1-3-16(10-11)5-4-15-6-8-18-9-7-15/h11,17H,1-10H2,(H2,13,14). The lowest BCUT2D eigenvalue weighted by molar-refractivity contribution is 0.0317. The largest absolute Gasteiger partial charge is 0.409 e. The summed E-state index contributed by atoms with van der Waals surface area (Å²) in [6, 6.07) is 0. The van der Waals surface area contributed by atoms with Gasteiger partial charge in [0.25, 0.3) is 0 Å². The number of nitrogens with two attached hydrogens (primary N) is 1. The SMILES string of the molecule is NC(=NO)C1CCCN(CCN2CCOCC2)C1. The molecule has 0 aromatic heterocycles. The Morgan fingerprint density at radius 1 is 1.22 bits per heavy atom. The molecule has 0 spiro atoms. The smallest absolute Gasteiger partial charge is 0.143 e. The van der Waals surface area contributed by atoms with Gasteiger partial charge in [-0.3, -0.25) is 4.90 Å². The summed E-state index contributed by atoms with van der Waals surface area (Å²) in [6.45, 7) is 7.98. The van der Waals surface area contributed by atoms with E-state index in [1.165, 1.54) is 0 Å². The highest BCUT2D eigenvalue weighted by atomic mass is 16.5. The van der Waals surface area contributed by atoms with Crippen LogP contribution in [-0.2, 0) is 4.74 Å². The van der Waals surface area contributed by atoms with Gasteiger partial charge in [0.2, 0.25) is 0 Å². The number of morpholine rings is 1. The zero-order chi connectivity index (χ0) is 12.8. The summed E-state index contributed by atoms with van der Waals surface area (Å²) >= 11 is 0. The summed E-state index contributed by atoms with van der Waals surface area (Å²) in [5, 5.41) is 11.9. The van der Waals surface area contributed by atoms with Crippen LogP contribution in [-0.4, -0.2) is 73.3 Å². The van der Waals surface area contributed by atoms with Gasteiger partial charge in [-0.2, -0.15) is 0 Å². The molecule has 2 aliphatic heterocycles. The molecule has 3 N–H and O–H groups in total. The van der Waals surface area contributed by atoms with E-state index in [1.807, 2.05) is 0 Å². The maximum absolute atomic E-state index is 8.73. The molecule has 2 aliphatic rings. The quantitative estimate of drug-likeness (QED) is 0.315. The predicted molar refractivity (Wildman–Crippen MR) is 69.8 cm³/mol. The van der Waals surface area contributed by atoms with Gasteiger partial charge in [0.1, 0.15) is 5.84 Å². The van der Waals surface area contributed by atoms with E-state index in [9.17, 15) is 0 Å². The maximum Gasteiger partial charge on any atom is 0.143 e. The first kappa shape index (κ1) is 13.6. The number of amidine groups is 1. The maximum atomic E-state index is 8.73. The molecule has 2 rings (SSSR count). The van der Waals surface area contributed by atoms with Crippen LogP contribution in [0.5, 0.6) is 0 Å². The van der Waals surface area contributed by atoms with Crippen molar-refractivity contribution in [2.45, 2.75) is 12.8 Å². The summed E-state index contributed by atoms with van der Waals surface area (Å²) < 4.78 is 5.34. The summed E-state index contributed by atoms with van der Waals surface area (Å²) in [5.41, 5.74) is 5.70. The highest BCUT2D eigenvalue weighted by Gasteiger charge is 2.23. The summed E-state index contributed by atoms with van der Waals surface area (Å²) in [7, 11) is 0. The molecule has 0 aliphatic carbocycles. The van der Waals surface area contributed by atoms with E-state index < -0.39 is 0 Å². The first-order valence-electron chi connectivity index (χ1n) is 6.79. The second kappa shape index (κ2) is 6.92. The summed E-state index contributed by atoms with van der Waals surface area (Å²) in [5.74, 6) is 0.597. The third-order valence-corrected chi connectivity index (χ3v) is 3.88. The van der Waals surface area contributed by atoms with Crippen LogP contribution in [0, 0.1) is 5.92 Å². The minimum absolute atomic E-state index is 0.216. The fraction of sp³-hybridized carbons (Fsp3) is 0.917. The average molecular weight is 256 g/mol. The van der Waals surface area contributed by atoms with Gasteiger partial charge in [-0.1, -0.05) is 5.16 Å². The monoisotopic (exact) mass is 256 g/mol. The van der Waals surface area contributed by atoms with Gasteiger partial charge < -0.3 is 20.6 Å². The molecule has 104 valence electrons. The van der Waals surface area contributed by atoms with E-state index in [2.05, 4.69) is 15.0 Å². The molecule has 0 saturated carbocycles. The van der Waals surface area contributed by atoms with Gasteiger partial charge in [0.05, 0.1) is 13.2 Å². The molecule has 1 atom stereocenters. The Morgan fingerprint density at radius 2 is 1.94 bits per heavy atom. The minimum Gasteiger partial charge on any atom is -0.409 e. The summed E-state index contributed by atoms with van der Waals surface area (Å²) in [4.78, 5) is 4.86. The predicted octanol–water partition coefficient (Wildman–Crippen LogP) is -0.223. The second-order valence-corrected chi connectivity index (χ2v) is 5.12. The number of likely N-dealkylation sites (tertiary alicyclic amines) is 1. The number of piperidine rings is 1. The number of nitrogens with zero attached hydrogens (tertiary/aromatic N) is 3. The molecule has 0 bridgehead atoms. The molecular weight excluding hydrogens is 232 g/mol. The molecular formula is C12H24N4O2. The third kappa shape index (κ3) is 3.83. The first-order valence-corrected chi connectivity index (χ1v) is 6.79. The van der Waals surface area contributed by atoms with Crippen molar-refractivity contribution in [1.82, 2.24) is 9.80 Å². The van der Waals surface area contributed by atoms with E-state index in [1.54, 1.807) is 0 Å². The molecule has 0 aromatic rings. The topological polar surface area (TPSA) is 74.3 Å². The van der Waals surface area contributed by atoms with E-state index >= 15 is 0 Å². The van der Waals surface area contributed by atoms with Crippen LogP contribution in [0.3, 0.4) is 0 Å². The Kier molecular flexibility index (Phi) is 5.22. The normalized spacial score (nSPS) is 28.4. The van der Waals surface area contributed by atoms with Crippen molar-refractivity contribution in [3.05, 3.63) is 0 Å². The van der Waals surface area contributed by atoms with Crippen molar-refractivity contribution in [1.29, 1.82) is 0 Å². The number of hydrogen-bond acceptors (Lipinski definition) is 5. The molecule has 0 amide bonds. The first-order chi connectivity index (χ1) is 8.79. The van der Waals surface area contributed by atoms with E-state index in [0.29, 0.717) is 5.84 Å². The molecule has 6 nitrogen and oxygen atoms in total. The Morgan fingerprint density at radius 3 is 2.67 bits per heavy atom. The van der Waals surface area contributed by atoms with Crippen LogP contribution in [0.15, 0.2) is 5.16 Å². The van der Waals surface area contributed by atoms with E-state index in [0.717, 1.165) is 65.3 Å². The molecule has 2 saturated heterocycles. The van der Waals surface area contributed by atoms with Gasteiger partial charge in [-0.25, -0.2) is 0 Å². The number of ether oxygens (including phenoxy) is 1. The van der Waals surface area contributed by atoms with Crippen molar-refractivity contribution >= 4 is 5.84 Å². The zero-order valence-electron chi connectivity index (χ0n) is 10.9. The van der Waals surface area contributed by atoms with Gasteiger partial charge in [0, 0.05) is 38.6 Å². The highest BCUT2D eigenvalue weighted by molar-refractivity contribution is 5.82. The summed E-state index contributed by atoms with van der Waals surface area (Å²) in [6.07, 6.45) is 2.16. The highest BCUT2D eigenvalue weighted by Crippen LogP contribution is 2.16. The van der Waals surface area contributed by atoms with Crippen molar-refractivity contribution in [3.8, 4) is 0 Å². The third-order valence-electron chi connectivity index (χ3n) is 3.88. The molecule has 2 fully saturated rings. The molecule has 6 heteroatoms. The van der Waals surface area contributed by atoms with Crippen LogP contribution in [0.2, 0.25) is 0 Å². The average Bonchev–Trinajstić information content (AvgIpc) is 2.45. The van der Waals surface area contributed by atoms with Crippen LogP contribution < -0.4 is 5.73 Å². The lowest BCUT2D eigenvalue weighted by Gasteiger charge is -2.34. The lowest BCUT2D eigenvalue weighted by Crippen LogP contribution is -2.46. The Balaban J connectivity index is 1.72.